The van der Waals surface area contributed by atoms with Crippen LogP contribution in [-0.4, -0.2) is 28.6 Å². The molecule has 0 radical (unpaired) electrons. The summed E-state index contributed by atoms with van der Waals surface area (Å²) in [7, 11) is 0. The van der Waals surface area contributed by atoms with Crippen molar-refractivity contribution in [2.24, 2.45) is 0 Å². The topological polar surface area (TPSA) is 60.3 Å². The molecule has 0 aliphatic carbocycles. The van der Waals surface area contributed by atoms with E-state index in [4.69, 9.17) is 4.74 Å². The number of ether oxygens (including phenoxy) is 1. The van der Waals surface area contributed by atoms with Crippen molar-refractivity contribution in [3.63, 3.8) is 0 Å². The maximum absolute atomic E-state index is 12.5. The maximum Gasteiger partial charge on any atom is 0.340 e. The molecule has 5 heteroatoms. The number of benzene rings is 1. The standard InChI is InChI=1S/C20H26N2O3/c1-13(2)21-19(23)16(5)25-20(24)18-11-14(3)22(15(18)4)12-17-9-7-6-8-10-17/h6-11,13,16H,12H2,1-5H3,(H,21,23)/t16-/m1/s1. The second-order valence-electron chi connectivity index (χ2n) is 6.57. The molecule has 2 rings (SSSR count). The Labute approximate surface area is 149 Å². The van der Waals surface area contributed by atoms with E-state index < -0.39 is 12.1 Å². The van der Waals surface area contributed by atoms with Crippen molar-refractivity contribution < 1.29 is 14.3 Å². The Kier molecular flexibility index (Phi) is 6.02. The van der Waals surface area contributed by atoms with Crippen molar-refractivity contribution in [3.8, 4) is 0 Å². The molecule has 0 saturated carbocycles. The molecule has 0 spiro atoms. The Morgan fingerprint density at radius 2 is 1.76 bits per heavy atom. The SMILES string of the molecule is Cc1cc(C(=O)O[C@H](C)C(=O)NC(C)C)c(C)n1Cc1ccccc1. The van der Waals surface area contributed by atoms with Crippen LogP contribution >= 0.6 is 0 Å². The summed E-state index contributed by atoms with van der Waals surface area (Å²) in [6, 6.07) is 11.9. The van der Waals surface area contributed by atoms with Gasteiger partial charge in [-0.2, -0.15) is 0 Å². The molecular formula is C20H26N2O3. The number of aryl methyl sites for hydroxylation is 1. The van der Waals surface area contributed by atoms with Crippen LogP contribution in [0.3, 0.4) is 0 Å². The zero-order valence-corrected chi connectivity index (χ0v) is 15.5. The van der Waals surface area contributed by atoms with E-state index in [0.29, 0.717) is 12.1 Å². The van der Waals surface area contributed by atoms with Crippen LogP contribution in [0.4, 0.5) is 0 Å². The Morgan fingerprint density at radius 1 is 1.12 bits per heavy atom. The molecule has 5 nitrogen and oxygen atoms in total. The second kappa shape index (κ2) is 8.01. The van der Waals surface area contributed by atoms with Crippen LogP contribution in [-0.2, 0) is 16.1 Å². The Hall–Kier alpha value is -2.56. The first-order chi connectivity index (χ1) is 11.8. The van der Waals surface area contributed by atoms with Crippen molar-refractivity contribution >= 4 is 11.9 Å². The third-order valence-electron chi connectivity index (χ3n) is 4.06. The zero-order chi connectivity index (χ0) is 18.6. The van der Waals surface area contributed by atoms with Gasteiger partial charge in [0.2, 0.25) is 0 Å². The van der Waals surface area contributed by atoms with Crippen LogP contribution < -0.4 is 5.32 Å². The number of carbonyl (C=O) groups is 2. The number of carbonyl (C=O) groups excluding carboxylic acids is 2. The summed E-state index contributed by atoms with van der Waals surface area (Å²) in [5, 5.41) is 2.74. The van der Waals surface area contributed by atoms with Crippen LogP contribution in [0, 0.1) is 13.8 Å². The van der Waals surface area contributed by atoms with Crippen molar-refractivity contribution in [1.82, 2.24) is 9.88 Å². The molecule has 25 heavy (non-hydrogen) atoms. The van der Waals surface area contributed by atoms with E-state index in [9.17, 15) is 9.59 Å². The van der Waals surface area contributed by atoms with Gasteiger partial charge in [-0.1, -0.05) is 30.3 Å². The predicted octanol–water partition coefficient (Wildman–Crippen LogP) is 3.22. The molecule has 1 aromatic heterocycles. The molecule has 0 fully saturated rings. The first-order valence-electron chi connectivity index (χ1n) is 8.51. The van der Waals surface area contributed by atoms with E-state index in [1.54, 1.807) is 6.92 Å². The van der Waals surface area contributed by atoms with E-state index in [1.165, 1.54) is 0 Å². The van der Waals surface area contributed by atoms with Gasteiger partial charge >= 0.3 is 5.97 Å². The number of esters is 1. The van der Waals surface area contributed by atoms with Crippen LogP contribution in [0.2, 0.25) is 0 Å². The van der Waals surface area contributed by atoms with Gasteiger partial charge < -0.3 is 14.6 Å². The minimum atomic E-state index is -0.827. The normalized spacial score (nSPS) is 12.1. The molecule has 1 amide bonds. The van der Waals surface area contributed by atoms with E-state index in [0.717, 1.165) is 17.0 Å². The summed E-state index contributed by atoms with van der Waals surface area (Å²) in [4.78, 5) is 24.4. The van der Waals surface area contributed by atoms with Gasteiger partial charge in [-0.25, -0.2) is 4.79 Å². The fourth-order valence-electron chi connectivity index (χ4n) is 2.70. The van der Waals surface area contributed by atoms with Gasteiger partial charge in [0.1, 0.15) is 0 Å². The van der Waals surface area contributed by atoms with E-state index in [-0.39, 0.29) is 11.9 Å². The summed E-state index contributed by atoms with van der Waals surface area (Å²) >= 11 is 0. The van der Waals surface area contributed by atoms with Crippen LogP contribution in [0.15, 0.2) is 36.4 Å². The minimum Gasteiger partial charge on any atom is -0.449 e. The molecule has 0 aliphatic rings. The first-order valence-corrected chi connectivity index (χ1v) is 8.51. The average molecular weight is 342 g/mol. The number of amides is 1. The quantitative estimate of drug-likeness (QED) is 0.820. The average Bonchev–Trinajstić information content (AvgIpc) is 2.83. The first kappa shape index (κ1) is 18.8. The van der Waals surface area contributed by atoms with E-state index in [1.807, 2.05) is 52.0 Å². The van der Waals surface area contributed by atoms with Gasteiger partial charge in [-0.05, 0) is 46.2 Å². The fourth-order valence-corrected chi connectivity index (χ4v) is 2.70. The Balaban J connectivity index is 2.13. The highest BCUT2D eigenvalue weighted by Gasteiger charge is 2.22. The van der Waals surface area contributed by atoms with Gasteiger partial charge in [0.25, 0.3) is 5.91 Å². The molecule has 1 aromatic carbocycles. The van der Waals surface area contributed by atoms with Crippen molar-refractivity contribution in [3.05, 3.63) is 58.9 Å². The number of hydrogen-bond donors (Lipinski definition) is 1. The van der Waals surface area contributed by atoms with Crippen molar-refractivity contribution in [2.45, 2.75) is 53.3 Å². The summed E-state index contributed by atoms with van der Waals surface area (Å²) in [6.45, 7) is 9.86. The molecule has 0 aliphatic heterocycles. The van der Waals surface area contributed by atoms with Gasteiger partial charge in [-0.3, -0.25) is 4.79 Å². The largest absolute Gasteiger partial charge is 0.449 e. The molecule has 2 aromatic rings. The molecule has 0 unspecified atom stereocenters. The maximum atomic E-state index is 12.5. The lowest BCUT2D eigenvalue weighted by atomic mass is 10.2. The summed E-state index contributed by atoms with van der Waals surface area (Å²) in [6.07, 6.45) is -0.827. The highest BCUT2D eigenvalue weighted by atomic mass is 16.5. The smallest absolute Gasteiger partial charge is 0.340 e. The molecule has 0 bridgehead atoms. The number of rotatable bonds is 6. The highest BCUT2D eigenvalue weighted by molar-refractivity contribution is 5.93. The van der Waals surface area contributed by atoms with E-state index in [2.05, 4.69) is 22.0 Å². The molecule has 1 atom stereocenters. The van der Waals surface area contributed by atoms with Gasteiger partial charge in [0, 0.05) is 24.0 Å². The number of aromatic nitrogens is 1. The van der Waals surface area contributed by atoms with Gasteiger partial charge in [-0.15, -0.1) is 0 Å². The minimum absolute atomic E-state index is 0.00425. The van der Waals surface area contributed by atoms with Gasteiger partial charge in [0.15, 0.2) is 6.10 Å². The summed E-state index contributed by atoms with van der Waals surface area (Å²) in [5.74, 6) is -0.764. The Bertz CT molecular complexity index is 748. The Morgan fingerprint density at radius 3 is 2.36 bits per heavy atom. The third kappa shape index (κ3) is 4.72. The van der Waals surface area contributed by atoms with Crippen molar-refractivity contribution in [2.75, 3.05) is 0 Å². The molecule has 1 heterocycles. The predicted molar refractivity (Wildman–Crippen MR) is 97.6 cm³/mol. The lowest BCUT2D eigenvalue weighted by Gasteiger charge is -2.15. The highest BCUT2D eigenvalue weighted by Crippen LogP contribution is 2.18. The van der Waals surface area contributed by atoms with Crippen molar-refractivity contribution in [1.29, 1.82) is 0 Å². The second-order valence-corrected chi connectivity index (χ2v) is 6.57. The number of nitrogens with zero attached hydrogens (tertiary/aromatic N) is 1. The van der Waals surface area contributed by atoms with Crippen LogP contribution in [0.5, 0.6) is 0 Å². The van der Waals surface area contributed by atoms with Crippen LogP contribution in [0.25, 0.3) is 0 Å². The molecule has 1 N–H and O–H groups in total. The summed E-state index contributed by atoms with van der Waals surface area (Å²) in [5.41, 5.74) is 3.47. The van der Waals surface area contributed by atoms with Gasteiger partial charge in [0.05, 0.1) is 5.56 Å². The molecule has 0 saturated heterocycles. The molecular weight excluding hydrogens is 316 g/mol. The molecule has 134 valence electrons. The zero-order valence-electron chi connectivity index (χ0n) is 15.5. The van der Waals surface area contributed by atoms with Crippen LogP contribution in [0.1, 0.15) is 48.1 Å². The third-order valence-corrected chi connectivity index (χ3v) is 4.06. The number of nitrogens with one attached hydrogen (secondary N) is 1. The monoisotopic (exact) mass is 342 g/mol. The fraction of sp³-hybridized carbons (Fsp3) is 0.400. The number of hydrogen-bond acceptors (Lipinski definition) is 3. The van der Waals surface area contributed by atoms with E-state index >= 15 is 0 Å². The summed E-state index contributed by atoms with van der Waals surface area (Å²) < 4.78 is 7.41. The lowest BCUT2D eigenvalue weighted by Crippen LogP contribution is -2.39. The lowest BCUT2D eigenvalue weighted by molar-refractivity contribution is -0.129.